The Labute approximate surface area is 164 Å². The van der Waals surface area contributed by atoms with Gasteiger partial charge in [0.15, 0.2) is 5.65 Å². The van der Waals surface area contributed by atoms with Crippen LogP contribution in [0.3, 0.4) is 0 Å². The molecule has 4 rings (SSSR count). The third-order valence-electron chi connectivity index (χ3n) is 5.06. The molecule has 0 radical (unpaired) electrons. The van der Waals surface area contributed by atoms with E-state index in [9.17, 15) is 5.11 Å². The molecule has 0 saturated carbocycles. The Bertz CT molecular complexity index is 1090. The summed E-state index contributed by atoms with van der Waals surface area (Å²) < 4.78 is 0. The van der Waals surface area contributed by atoms with E-state index in [1.54, 1.807) is 6.20 Å². The zero-order valence-corrected chi connectivity index (χ0v) is 16.6. The normalized spacial score (nSPS) is 13.0. The lowest BCUT2D eigenvalue weighted by Gasteiger charge is -2.18. The second-order valence-electron chi connectivity index (χ2n) is 7.87. The molecule has 0 fully saturated rings. The maximum Gasteiger partial charge on any atom is 0.178 e. The number of imidazole rings is 1. The average Bonchev–Trinajstić information content (AvgIpc) is 3.26. The lowest BCUT2D eigenvalue weighted by molar-refractivity contribution is 0.223. The van der Waals surface area contributed by atoms with Crippen molar-refractivity contribution in [1.29, 1.82) is 0 Å². The van der Waals surface area contributed by atoms with Crippen LogP contribution in [0, 0.1) is 12.8 Å². The van der Waals surface area contributed by atoms with E-state index >= 15 is 0 Å². The lowest BCUT2D eigenvalue weighted by Crippen LogP contribution is -2.33. The highest BCUT2D eigenvalue weighted by atomic mass is 16.3. The number of aryl methyl sites for hydroxylation is 1. The van der Waals surface area contributed by atoms with Crippen LogP contribution in [0.25, 0.3) is 33.3 Å². The first-order valence-corrected chi connectivity index (χ1v) is 9.81. The molecule has 0 bridgehead atoms. The number of rotatable bonds is 7. The first kappa shape index (κ1) is 18.7. The molecular weight excluding hydrogens is 350 g/mol. The fraction of sp³-hybridized carbons (Fsp3) is 0.364. The van der Waals surface area contributed by atoms with E-state index in [2.05, 4.69) is 63.4 Å². The fourth-order valence-corrected chi connectivity index (χ4v) is 3.74. The van der Waals surface area contributed by atoms with Crippen molar-refractivity contribution in [2.24, 2.45) is 5.92 Å². The molecule has 0 aliphatic heterocycles. The molecule has 28 heavy (non-hydrogen) atoms. The maximum absolute atomic E-state index is 9.56. The van der Waals surface area contributed by atoms with E-state index in [-0.39, 0.29) is 12.6 Å². The molecule has 3 heterocycles. The van der Waals surface area contributed by atoms with Gasteiger partial charge in [0.1, 0.15) is 5.82 Å². The number of H-pyrrole nitrogens is 2. The minimum Gasteiger partial charge on any atom is -0.395 e. The molecule has 4 aromatic rings. The van der Waals surface area contributed by atoms with Crippen LogP contribution in [0.1, 0.15) is 31.7 Å². The number of aromatic nitrogens is 4. The van der Waals surface area contributed by atoms with Crippen LogP contribution in [0.2, 0.25) is 0 Å². The number of nitrogens with zero attached hydrogens (tertiary/aromatic N) is 2. The Morgan fingerprint density at radius 1 is 1.14 bits per heavy atom. The summed E-state index contributed by atoms with van der Waals surface area (Å²) in [6.45, 7) is 7.20. The predicted octanol–water partition coefficient (Wildman–Crippen LogP) is 3.91. The SMILES string of the molecule is Cc1nc2nccc(-c3cc4cc(CN[C@H](CO)CC(C)C)ccc4[nH]3)c2[nH]1. The summed E-state index contributed by atoms with van der Waals surface area (Å²) in [6, 6.07) is 10.7. The topological polar surface area (TPSA) is 89.6 Å². The van der Waals surface area contributed by atoms with Gasteiger partial charge in [-0.15, -0.1) is 0 Å². The minimum atomic E-state index is 0.131. The highest BCUT2D eigenvalue weighted by molar-refractivity contribution is 5.94. The number of fused-ring (bicyclic) bond motifs is 2. The number of hydrogen-bond donors (Lipinski definition) is 4. The number of hydrogen-bond acceptors (Lipinski definition) is 4. The first-order valence-electron chi connectivity index (χ1n) is 9.81. The third-order valence-corrected chi connectivity index (χ3v) is 5.06. The largest absolute Gasteiger partial charge is 0.395 e. The summed E-state index contributed by atoms with van der Waals surface area (Å²) in [5.41, 5.74) is 6.10. The Morgan fingerprint density at radius 2 is 2.00 bits per heavy atom. The van der Waals surface area contributed by atoms with Gasteiger partial charge in [0, 0.05) is 40.9 Å². The smallest absolute Gasteiger partial charge is 0.178 e. The second kappa shape index (κ2) is 7.73. The summed E-state index contributed by atoms with van der Waals surface area (Å²) in [5, 5.41) is 14.2. The molecule has 4 N–H and O–H groups in total. The van der Waals surface area contributed by atoms with Crippen molar-refractivity contribution in [3.05, 3.63) is 47.9 Å². The standard InChI is InChI=1S/C22H27N5O/c1-13(2)8-17(12-28)24-11-15-4-5-19-16(9-15)10-20(27-19)18-6-7-23-22-21(18)25-14(3)26-22/h4-7,9-10,13,17,24,27-28H,8,11-12H2,1-3H3,(H,23,25,26)/t17-/m0/s1. The van der Waals surface area contributed by atoms with Gasteiger partial charge < -0.3 is 20.4 Å². The van der Waals surface area contributed by atoms with E-state index in [1.165, 1.54) is 10.9 Å². The molecule has 0 unspecified atom stereocenters. The summed E-state index contributed by atoms with van der Waals surface area (Å²) >= 11 is 0. The summed E-state index contributed by atoms with van der Waals surface area (Å²) in [6.07, 6.45) is 2.76. The molecule has 146 valence electrons. The monoisotopic (exact) mass is 377 g/mol. The number of pyridine rings is 1. The number of aromatic amines is 2. The molecule has 0 amide bonds. The zero-order valence-electron chi connectivity index (χ0n) is 16.6. The predicted molar refractivity (Wildman–Crippen MR) is 113 cm³/mol. The Balaban J connectivity index is 1.59. The quantitative estimate of drug-likeness (QED) is 0.393. The molecule has 0 spiro atoms. The van der Waals surface area contributed by atoms with Gasteiger partial charge in [0.2, 0.25) is 0 Å². The van der Waals surface area contributed by atoms with E-state index in [0.717, 1.165) is 46.7 Å². The molecule has 1 aromatic carbocycles. The number of benzene rings is 1. The van der Waals surface area contributed by atoms with Crippen LogP contribution in [-0.2, 0) is 6.54 Å². The minimum absolute atomic E-state index is 0.131. The van der Waals surface area contributed by atoms with Crippen molar-refractivity contribution in [1.82, 2.24) is 25.3 Å². The van der Waals surface area contributed by atoms with E-state index in [1.807, 2.05) is 13.0 Å². The summed E-state index contributed by atoms with van der Waals surface area (Å²) in [4.78, 5) is 15.6. The third kappa shape index (κ3) is 3.79. The van der Waals surface area contributed by atoms with Gasteiger partial charge in [0.05, 0.1) is 12.1 Å². The van der Waals surface area contributed by atoms with Crippen LogP contribution < -0.4 is 5.32 Å². The van der Waals surface area contributed by atoms with Crippen molar-refractivity contribution in [2.45, 2.75) is 39.8 Å². The molecule has 3 aromatic heterocycles. The van der Waals surface area contributed by atoms with Crippen LogP contribution in [0.5, 0.6) is 0 Å². The van der Waals surface area contributed by atoms with Gasteiger partial charge in [-0.05, 0) is 49.1 Å². The van der Waals surface area contributed by atoms with Crippen LogP contribution in [0.15, 0.2) is 36.5 Å². The van der Waals surface area contributed by atoms with E-state index in [4.69, 9.17) is 0 Å². The molecular formula is C22H27N5O. The van der Waals surface area contributed by atoms with Crippen LogP contribution >= 0.6 is 0 Å². The summed E-state index contributed by atoms with van der Waals surface area (Å²) in [5.74, 6) is 1.42. The maximum atomic E-state index is 9.56. The van der Waals surface area contributed by atoms with Crippen molar-refractivity contribution >= 4 is 22.1 Å². The van der Waals surface area contributed by atoms with E-state index in [0.29, 0.717) is 5.92 Å². The molecule has 0 saturated heterocycles. The van der Waals surface area contributed by atoms with Crippen molar-refractivity contribution in [3.8, 4) is 11.3 Å². The summed E-state index contributed by atoms with van der Waals surface area (Å²) in [7, 11) is 0. The lowest BCUT2D eigenvalue weighted by atomic mass is 10.0. The molecule has 6 nitrogen and oxygen atoms in total. The highest BCUT2D eigenvalue weighted by Crippen LogP contribution is 2.29. The van der Waals surface area contributed by atoms with E-state index < -0.39 is 0 Å². The van der Waals surface area contributed by atoms with Gasteiger partial charge >= 0.3 is 0 Å². The number of aliphatic hydroxyl groups excluding tert-OH is 1. The van der Waals surface area contributed by atoms with Crippen LogP contribution in [-0.4, -0.2) is 37.7 Å². The van der Waals surface area contributed by atoms with Crippen LogP contribution in [0.4, 0.5) is 0 Å². The highest BCUT2D eigenvalue weighted by Gasteiger charge is 2.12. The van der Waals surface area contributed by atoms with Gasteiger partial charge in [-0.25, -0.2) is 9.97 Å². The number of nitrogens with one attached hydrogen (secondary N) is 3. The number of aliphatic hydroxyl groups is 1. The Morgan fingerprint density at radius 3 is 2.79 bits per heavy atom. The molecule has 0 aliphatic rings. The molecule has 6 heteroatoms. The van der Waals surface area contributed by atoms with Gasteiger partial charge in [-0.2, -0.15) is 0 Å². The zero-order chi connectivity index (χ0) is 19.7. The molecule has 1 atom stereocenters. The van der Waals surface area contributed by atoms with Crippen molar-refractivity contribution < 1.29 is 5.11 Å². The first-order chi connectivity index (χ1) is 13.5. The second-order valence-corrected chi connectivity index (χ2v) is 7.87. The average molecular weight is 377 g/mol. The fourth-order valence-electron chi connectivity index (χ4n) is 3.74. The van der Waals surface area contributed by atoms with Crippen molar-refractivity contribution in [2.75, 3.05) is 6.61 Å². The van der Waals surface area contributed by atoms with Gasteiger partial charge in [-0.1, -0.05) is 19.9 Å². The van der Waals surface area contributed by atoms with Crippen molar-refractivity contribution in [3.63, 3.8) is 0 Å². The van der Waals surface area contributed by atoms with Gasteiger partial charge in [-0.3, -0.25) is 0 Å². The molecule has 0 aliphatic carbocycles. The Kier molecular flexibility index (Phi) is 5.15. The van der Waals surface area contributed by atoms with Gasteiger partial charge in [0.25, 0.3) is 0 Å². The Hall–Kier alpha value is -2.70.